The fourth-order valence-corrected chi connectivity index (χ4v) is 3.76. The molecule has 0 bridgehead atoms. The lowest BCUT2D eigenvalue weighted by Gasteiger charge is -2.36. The zero-order valence-electron chi connectivity index (χ0n) is 15.2. The van der Waals surface area contributed by atoms with E-state index in [1.165, 1.54) is 43.4 Å². The number of rotatable bonds is 5. The van der Waals surface area contributed by atoms with Gasteiger partial charge in [0.05, 0.1) is 9.82 Å². The van der Waals surface area contributed by atoms with E-state index in [0.29, 0.717) is 31.7 Å². The second kappa shape index (κ2) is 7.95. The molecule has 1 aliphatic rings. The van der Waals surface area contributed by atoms with Gasteiger partial charge < -0.3 is 9.80 Å². The second-order valence-corrected chi connectivity index (χ2v) is 8.17. The van der Waals surface area contributed by atoms with Crippen molar-refractivity contribution in [2.24, 2.45) is 0 Å². The summed E-state index contributed by atoms with van der Waals surface area (Å²) >= 11 is 0. The topological polar surface area (TPSA) is 113 Å². The summed E-state index contributed by atoms with van der Waals surface area (Å²) in [6.07, 6.45) is 0. The van der Waals surface area contributed by atoms with Gasteiger partial charge in [0.15, 0.2) is 0 Å². The molecular formula is C18H20N4O5S. The monoisotopic (exact) mass is 404 g/mol. The maximum Gasteiger partial charge on any atom is 0.269 e. The summed E-state index contributed by atoms with van der Waals surface area (Å²) in [7, 11) is -2.20. The Labute approximate surface area is 162 Å². The van der Waals surface area contributed by atoms with Gasteiger partial charge in [-0.1, -0.05) is 0 Å². The normalized spacial score (nSPS) is 14.8. The third kappa shape index (κ3) is 4.12. The Hall–Kier alpha value is -2.98. The Bertz CT molecular complexity index is 966. The molecule has 0 atom stereocenters. The number of benzene rings is 2. The van der Waals surface area contributed by atoms with Gasteiger partial charge in [-0.15, -0.1) is 0 Å². The maximum absolute atomic E-state index is 12.7. The Kier molecular flexibility index (Phi) is 5.61. The molecule has 148 valence electrons. The number of nitro groups is 1. The quantitative estimate of drug-likeness (QED) is 0.596. The van der Waals surface area contributed by atoms with Crippen molar-refractivity contribution in [3.8, 4) is 0 Å². The number of nitrogens with one attached hydrogen (secondary N) is 1. The van der Waals surface area contributed by atoms with Crippen molar-refractivity contribution < 1.29 is 18.1 Å². The van der Waals surface area contributed by atoms with Gasteiger partial charge in [-0.3, -0.25) is 14.9 Å². The Balaban J connectivity index is 1.63. The molecule has 3 rings (SSSR count). The Morgan fingerprint density at radius 1 is 1.00 bits per heavy atom. The van der Waals surface area contributed by atoms with Gasteiger partial charge in [-0.25, -0.2) is 13.1 Å². The predicted molar refractivity (Wildman–Crippen MR) is 104 cm³/mol. The predicted octanol–water partition coefficient (Wildman–Crippen LogP) is 1.47. The molecule has 1 heterocycles. The van der Waals surface area contributed by atoms with Crippen molar-refractivity contribution in [1.82, 2.24) is 9.62 Å². The average Bonchev–Trinajstić information content (AvgIpc) is 2.73. The van der Waals surface area contributed by atoms with E-state index >= 15 is 0 Å². The molecule has 1 fully saturated rings. The minimum atomic E-state index is -3.54. The summed E-state index contributed by atoms with van der Waals surface area (Å²) in [6, 6.07) is 12.2. The molecule has 0 aromatic heterocycles. The molecule has 2 aromatic rings. The zero-order chi connectivity index (χ0) is 20.3. The summed E-state index contributed by atoms with van der Waals surface area (Å²) < 4.78 is 25.8. The number of nitro benzene ring substituents is 1. The van der Waals surface area contributed by atoms with Crippen molar-refractivity contribution in [1.29, 1.82) is 0 Å². The van der Waals surface area contributed by atoms with Gasteiger partial charge >= 0.3 is 0 Å². The minimum absolute atomic E-state index is 0.0429. The van der Waals surface area contributed by atoms with E-state index in [4.69, 9.17) is 0 Å². The largest absolute Gasteiger partial charge is 0.368 e. The van der Waals surface area contributed by atoms with Crippen LogP contribution in [0, 0.1) is 10.1 Å². The number of sulfonamides is 1. The van der Waals surface area contributed by atoms with Crippen LogP contribution in [0.3, 0.4) is 0 Å². The van der Waals surface area contributed by atoms with Crippen molar-refractivity contribution >= 4 is 27.3 Å². The smallest absolute Gasteiger partial charge is 0.269 e. The van der Waals surface area contributed by atoms with Crippen LogP contribution in [0.25, 0.3) is 0 Å². The summed E-state index contributed by atoms with van der Waals surface area (Å²) in [5.74, 6) is -0.156. The number of carbonyl (C=O) groups excluding carboxylic acids is 1. The van der Waals surface area contributed by atoms with E-state index in [1.54, 1.807) is 17.0 Å². The van der Waals surface area contributed by atoms with Gasteiger partial charge in [-0.05, 0) is 43.4 Å². The fourth-order valence-electron chi connectivity index (χ4n) is 3.03. The third-order valence-corrected chi connectivity index (χ3v) is 6.10. The summed E-state index contributed by atoms with van der Waals surface area (Å²) in [6.45, 7) is 2.23. The van der Waals surface area contributed by atoms with Gasteiger partial charge in [0.1, 0.15) is 0 Å². The molecule has 28 heavy (non-hydrogen) atoms. The number of hydrogen-bond acceptors (Lipinski definition) is 6. The van der Waals surface area contributed by atoms with Crippen LogP contribution in [0.15, 0.2) is 53.4 Å². The van der Waals surface area contributed by atoms with E-state index in [1.807, 2.05) is 0 Å². The molecule has 2 aromatic carbocycles. The summed E-state index contributed by atoms with van der Waals surface area (Å²) in [5, 5.41) is 10.7. The van der Waals surface area contributed by atoms with Crippen molar-refractivity contribution in [2.45, 2.75) is 4.90 Å². The molecular weight excluding hydrogens is 384 g/mol. The molecule has 0 unspecified atom stereocenters. The number of nitrogens with zero attached hydrogens (tertiary/aromatic N) is 3. The highest BCUT2D eigenvalue weighted by atomic mass is 32.2. The van der Waals surface area contributed by atoms with E-state index < -0.39 is 14.9 Å². The van der Waals surface area contributed by atoms with Crippen LogP contribution < -0.4 is 9.62 Å². The molecule has 1 N–H and O–H groups in total. The van der Waals surface area contributed by atoms with Crippen LogP contribution in [-0.2, 0) is 10.0 Å². The molecule has 10 heteroatoms. The van der Waals surface area contributed by atoms with E-state index in [2.05, 4.69) is 9.62 Å². The molecule has 0 spiro atoms. The molecule has 0 saturated carbocycles. The first-order valence-electron chi connectivity index (χ1n) is 8.64. The number of piperazine rings is 1. The number of non-ortho nitro benzene ring substituents is 1. The number of carbonyl (C=O) groups is 1. The number of anilines is 1. The van der Waals surface area contributed by atoms with Crippen LogP contribution in [-0.4, -0.2) is 57.4 Å². The molecule has 1 saturated heterocycles. The van der Waals surface area contributed by atoms with Crippen molar-refractivity contribution in [3.05, 3.63) is 64.2 Å². The number of hydrogen-bond donors (Lipinski definition) is 1. The first kappa shape index (κ1) is 19.8. The lowest BCUT2D eigenvalue weighted by Crippen LogP contribution is -2.48. The minimum Gasteiger partial charge on any atom is -0.368 e. The highest BCUT2D eigenvalue weighted by Crippen LogP contribution is 2.21. The third-order valence-electron chi connectivity index (χ3n) is 4.67. The summed E-state index contributed by atoms with van der Waals surface area (Å²) in [5.41, 5.74) is 1.35. The standard InChI is InChI=1S/C18H20N4O5S/c1-19-28(26,27)17-8-2-14(3-9-17)18(23)21-12-10-20(11-13-21)15-4-6-16(7-5-15)22(24)25/h2-9,19H,10-13H2,1H3. The van der Waals surface area contributed by atoms with Crippen LogP contribution in [0.5, 0.6) is 0 Å². The van der Waals surface area contributed by atoms with Crippen LogP contribution in [0.1, 0.15) is 10.4 Å². The van der Waals surface area contributed by atoms with E-state index in [-0.39, 0.29) is 16.5 Å². The average molecular weight is 404 g/mol. The van der Waals surface area contributed by atoms with Crippen LogP contribution >= 0.6 is 0 Å². The molecule has 1 amide bonds. The van der Waals surface area contributed by atoms with Crippen molar-refractivity contribution in [2.75, 3.05) is 38.1 Å². The highest BCUT2D eigenvalue weighted by molar-refractivity contribution is 7.89. The summed E-state index contributed by atoms with van der Waals surface area (Å²) in [4.78, 5) is 26.9. The van der Waals surface area contributed by atoms with Gasteiger partial charge in [-0.2, -0.15) is 0 Å². The first-order valence-corrected chi connectivity index (χ1v) is 10.1. The number of amides is 1. The maximum atomic E-state index is 12.7. The fraction of sp³-hybridized carbons (Fsp3) is 0.278. The van der Waals surface area contributed by atoms with Crippen LogP contribution in [0.4, 0.5) is 11.4 Å². The van der Waals surface area contributed by atoms with Crippen LogP contribution in [0.2, 0.25) is 0 Å². The zero-order valence-corrected chi connectivity index (χ0v) is 16.1. The highest BCUT2D eigenvalue weighted by Gasteiger charge is 2.23. The van der Waals surface area contributed by atoms with E-state index in [9.17, 15) is 23.3 Å². The van der Waals surface area contributed by atoms with Crippen molar-refractivity contribution in [3.63, 3.8) is 0 Å². The molecule has 1 aliphatic heterocycles. The molecule has 0 aliphatic carbocycles. The van der Waals surface area contributed by atoms with Gasteiger partial charge in [0.25, 0.3) is 11.6 Å². The van der Waals surface area contributed by atoms with Gasteiger partial charge in [0.2, 0.25) is 10.0 Å². The Morgan fingerprint density at radius 2 is 1.57 bits per heavy atom. The lowest BCUT2D eigenvalue weighted by atomic mass is 10.1. The van der Waals surface area contributed by atoms with E-state index in [0.717, 1.165) is 5.69 Å². The lowest BCUT2D eigenvalue weighted by molar-refractivity contribution is -0.384. The molecule has 0 radical (unpaired) electrons. The first-order chi connectivity index (χ1) is 13.3. The SMILES string of the molecule is CNS(=O)(=O)c1ccc(C(=O)N2CCN(c3ccc([N+](=O)[O-])cc3)CC2)cc1. The second-order valence-electron chi connectivity index (χ2n) is 6.28. The van der Waals surface area contributed by atoms with Gasteiger partial charge in [0, 0.05) is 49.6 Å². The Morgan fingerprint density at radius 3 is 2.07 bits per heavy atom. The molecule has 9 nitrogen and oxygen atoms in total.